The SMILES string of the molecule is COC(=O)c1ccc(I)c(OCC(=O)c2ccc(OC)c(C34CC5CC(CC(C5)C3)C4)c2)c1. The summed E-state index contributed by atoms with van der Waals surface area (Å²) in [5.74, 6) is 3.32. The summed E-state index contributed by atoms with van der Waals surface area (Å²) >= 11 is 2.13. The zero-order valence-electron chi connectivity index (χ0n) is 19.1. The number of Topliss-reactive ketones (excluding diaryl/α,β-unsaturated/α-hetero) is 1. The first kappa shape index (κ1) is 22.7. The monoisotopic (exact) mass is 560 g/mol. The van der Waals surface area contributed by atoms with E-state index < -0.39 is 5.97 Å². The summed E-state index contributed by atoms with van der Waals surface area (Å²) in [5, 5.41) is 0. The summed E-state index contributed by atoms with van der Waals surface area (Å²) in [6, 6.07) is 10.9. The Morgan fingerprint density at radius 3 is 2.15 bits per heavy atom. The van der Waals surface area contributed by atoms with Crippen LogP contribution in [0.4, 0.5) is 0 Å². The lowest BCUT2D eigenvalue weighted by atomic mass is 9.48. The fourth-order valence-electron chi connectivity index (χ4n) is 6.82. The van der Waals surface area contributed by atoms with Crippen molar-refractivity contribution >= 4 is 34.3 Å². The molecular weight excluding hydrogens is 531 g/mol. The lowest BCUT2D eigenvalue weighted by Crippen LogP contribution is -2.48. The Hall–Kier alpha value is -2.09. The van der Waals surface area contributed by atoms with Gasteiger partial charge in [0.1, 0.15) is 11.5 Å². The highest BCUT2D eigenvalue weighted by Gasteiger charge is 2.52. The minimum absolute atomic E-state index is 0.0806. The van der Waals surface area contributed by atoms with E-state index in [0.717, 1.165) is 27.1 Å². The zero-order chi connectivity index (χ0) is 23.2. The van der Waals surface area contributed by atoms with Crippen molar-refractivity contribution in [1.82, 2.24) is 0 Å². The average molecular weight is 560 g/mol. The summed E-state index contributed by atoms with van der Waals surface area (Å²) in [6.07, 6.45) is 7.75. The number of halogens is 1. The van der Waals surface area contributed by atoms with Crippen molar-refractivity contribution in [1.29, 1.82) is 0 Å². The zero-order valence-corrected chi connectivity index (χ0v) is 21.2. The van der Waals surface area contributed by atoms with E-state index in [1.54, 1.807) is 25.3 Å². The summed E-state index contributed by atoms with van der Waals surface area (Å²) in [5.41, 5.74) is 2.40. The van der Waals surface area contributed by atoms with Gasteiger partial charge in [-0.15, -0.1) is 0 Å². The van der Waals surface area contributed by atoms with Crippen LogP contribution in [0.2, 0.25) is 0 Å². The number of ketones is 1. The fraction of sp³-hybridized carbons (Fsp3) is 0.481. The van der Waals surface area contributed by atoms with Crippen LogP contribution in [0.15, 0.2) is 36.4 Å². The molecule has 0 spiro atoms. The van der Waals surface area contributed by atoms with Crippen LogP contribution in [0, 0.1) is 21.3 Å². The standard InChI is InChI=1S/C27H29IO5/c1-31-24-6-4-19(10-21(24)27-12-16-7-17(13-27)9-18(8-16)14-27)23(29)15-33-25-11-20(26(30)32-2)3-5-22(25)28/h3-6,10-11,16-18H,7-9,12-15H2,1-2H3. The van der Waals surface area contributed by atoms with Crippen molar-refractivity contribution in [3.63, 3.8) is 0 Å². The topological polar surface area (TPSA) is 61.8 Å². The molecule has 0 N–H and O–H groups in total. The van der Waals surface area contributed by atoms with Crippen molar-refractivity contribution in [2.24, 2.45) is 17.8 Å². The van der Waals surface area contributed by atoms with E-state index in [9.17, 15) is 9.59 Å². The van der Waals surface area contributed by atoms with Crippen LogP contribution in [0.25, 0.3) is 0 Å². The van der Waals surface area contributed by atoms with Crippen molar-refractivity contribution in [3.8, 4) is 11.5 Å². The summed E-state index contributed by atoms with van der Waals surface area (Å²) in [7, 11) is 3.07. The van der Waals surface area contributed by atoms with Gasteiger partial charge in [-0.05, 0) is 121 Å². The number of carbonyl (C=O) groups excluding carboxylic acids is 2. The Labute approximate surface area is 208 Å². The highest BCUT2D eigenvalue weighted by Crippen LogP contribution is 2.61. The third-order valence-corrected chi connectivity index (χ3v) is 8.73. The second kappa shape index (κ2) is 8.93. The van der Waals surface area contributed by atoms with E-state index in [1.807, 2.05) is 12.1 Å². The van der Waals surface area contributed by atoms with Crippen molar-refractivity contribution in [2.75, 3.05) is 20.8 Å². The number of esters is 1. The summed E-state index contributed by atoms with van der Waals surface area (Å²) in [6.45, 7) is -0.0900. The van der Waals surface area contributed by atoms with Gasteiger partial charge in [0, 0.05) is 11.1 Å². The van der Waals surface area contributed by atoms with Gasteiger partial charge >= 0.3 is 5.97 Å². The summed E-state index contributed by atoms with van der Waals surface area (Å²) < 4.78 is 17.2. The quantitative estimate of drug-likeness (QED) is 0.243. The average Bonchev–Trinajstić information content (AvgIpc) is 2.81. The van der Waals surface area contributed by atoms with Crippen LogP contribution in [0.1, 0.15) is 64.8 Å². The molecule has 0 heterocycles. The Morgan fingerprint density at radius 2 is 1.55 bits per heavy atom. The van der Waals surface area contributed by atoms with Crippen molar-refractivity contribution < 1.29 is 23.8 Å². The Morgan fingerprint density at radius 1 is 0.909 bits per heavy atom. The molecule has 33 heavy (non-hydrogen) atoms. The normalized spacial score (nSPS) is 27.3. The molecule has 2 aromatic carbocycles. The molecule has 0 aromatic heterocycles. The summed E-state index contributed by atoms with van der Waals surface area (Å²) in [4.78, 5) is 25.0. The minimum Gasteiger partial charge on any atom is -0.496 e. The number of benzene rings is 2. The fourth-order valence-corrected chi connectivity index (χ4v) is 7.31. The van der Waals surface area contributed by atoms with Gasteiger partial charge in [-0.1, -0.05) is 0 Å². The number of ether oxygens (including phenoxy) is 3. The molecule has 6 rings (SSSR count). The second-order valence-corrected chi connectivity index (χ2v) is 11.1. The minimum atomic E-state index is -0.432. The first-order chi connectivity index (χ1) is 15.9. The van der Waals surface area contributed by atoms with E-state index in [2.05, 4.69) is 28.7 Å². The molecular formula is C27H29IO5. The maximum Gasteiger partial charge on any atom is 0.337 e. The number of carbonyl (C=O) groups is 2. The van der Waals surface area contributed by atoms with Gasteiger partial charge in [-0.25, -0.2) is 4.79 Å². The van der Waals surface area contributed by atoms with Gasteiger partial charge < -0.3 is 14.2 Å². The van der Waals surface area contributed by atoms with Gasteiger partial charge in [0.05, 0.1) is 23.4 Å². The van der Waals surface area contributed by atoms with Gasteiger partial charge in [0.2, 0.25) is 0 Å². The van der Waals surface area contributed by atoms with E-state index in [4.69, 9.17) is 14.2 Å². The Bertz CT molecular complexity index is 1060. The molecule has 0 radical (unpaired) electrons. The molecule has 0 unspecified atom stereocenters. The molecule has 5 nitrogen and oxygen atoms in total. The maximum atomic E-state index is 13.1. The maximum absolute atomic E-state index is 13.1. The molecule has 4 aliphatic carbocycles. The molecule has 4 fully saturated rings. The third-order valence-electron chi connectivity index (χ3n) is 7.84. The molecule has 0 aliphatic heterocycles. The van der Waals surface area contributed by atoms with Crippen LogP contribution in [0.5, 0.6) is 11.5 Å². The first-order valence-electron chi connectivity index (χ1n) is 11.6. The third kappa shape index (κ3) is 4.27. The Kier molecular flexibility index (Phi) is 6.14. The molecule has 2 aromatic rings. The van der Waals surface area contributed by atoms with Gasteiger partial charge in [-0.2, -0.15) is 0 Å². The number of hydrogen-bond donors (Lipinski definition) is 0. The molecule has 6 heteroatoms. The van der Waals surface area contributed by atoms with Crippen molar-refractivity contribution in [2.45, 2.75) is 43.9 Å². The van der Waals surface area contributed by atoms with Gasteiger partial charge in [-0.3, -0.25) is 4.79 Å². The van der Waals surface area contributed by atoms with Crippen LogP contribution in [0.3, 0.4) is 0 Å². The highest BCUT2D eigenvalue weighted by atomic mass is 127. The van der Waals surface area contributed by atoms with E-state index in [1.165, 1.54) is 51.2 Å². The second-order valence-electron chi connectivity index (χ2n) is 9.96. The smallest absolute Gasteiger partial charge is 0.337 e. The molecule has 4 bridgehead atoms. The molecule has 0 atom stereocenters. The number of rotatable bonds is 7. The molecule has 4 saturated carbocycles. The van der Waals surface area contributed by atoms with E-state index in [0.29, 0.717) is 16.9 Å². The van der Waals surface area contributed by atoms with Crippen molar-refractivity contribution in [3.05, 3.63) is 56.7 Å². The number of methoxy groups -OCH3 is 2. The van der Waals surface area contributed by atoms with Gasteiger partial charge in [0.15, 0.2) is 12.4 Å². The lowest BCUT2D eigenvalue weighted by molar-refractivity contribution is -0.00617. The predicted molar refractivity (Wildman–Crippen MR) is 133 cm³/mol. The van der Waals surface area contributed by atoms with E-state index >= 15 is 0 Å². The lowest BCUT2D eigenvalue weighted by Gasteiger charge is -2.57. The molecule has 174 valence electrons. The highest BCUT2D eigenvalue weighted by molar-refractivity contribution is 14.1. The molecule has 0 saturated heterocycles. The largest absolute Gasteiger partial charge is 0.496 e. The van der Waals surface area contributed by atoms with Crippen LogP contribution in [-0.4, -0.2) is 32.6 Å². The van der Waals surface area contributed by atoms with Crippen LogP contribution < -0.4 is 9.47 Å². The first-order valence-corrected chi connectivity index (χ1v) is 12.7. The van der Waals surface area contributed by atoms with Crippen LogP contribution in [-0.2, 0) is 10.2 Å². The predicted octanol–water partition coefficient (Wildman–Crippen LogP) is 5.82. The van der Waals surface area contributed by atoms with Crippen LogP contribution >= 0.6 is 22.6 Å². The van der Waals surface area contributed by atoms with Gasteiger partial charge in [0.25, 0.3) is 0 Å². The molecule has 0 amide bonds. The number of hydrogen-bond acceptors (Lipinski definition) is 5. The molecule has 4 aliphatic rings. The van der Waals surface area contributed by atoms with E-state index in [-0.39, 0.29) is 17.8 Å². The Balaban J connectivity index is 1.38.